The average Bonchev–Trinajstić information content (AvgIpc) is 2.40. The Hall–Kier alpha value is -1.55. The lowest BCUT2D eigenvalue weighted by molar-refractivity contribution is -0.124. The van der Waals surface area contributed by atoms with E-state index in [0.717, 1.165) is 36.3 Å². The second-order valence-electron chi connectivity index (χ2n) is 6.08. The number of ether oxygens (including phenoxy) is 1. The van der Waals surface area contributed by atoms with Crippen LogP contribution in [0.5, 0.6) is 5.75 Å². The molecule has 4 nitrogen and oxygen atoms in total. The van der Waals surface area contributed by atoms with Crippen molar-refractivity contribution in [3.05, 3.63) is 28.8 Å². The van der Waals surface area contributed by atoms with Crippen LogP contribution in [-0.2, 0) is 4.79 Å². The summed E-state index contributed by atoms with van der Waals surface area (Å²) in [6, 6.07) is 4.68. The van der Waals surface area contributed by atoms with Crippen molar-refractivity contribution in [3.8, 4) is 5.75 Å². The summed E-state index contributed by atoms with van der Waals surface area (Å²) in [5.41, 5.74) is 3.37. The highest BCUT2D eigenvalue weighted by atomic mass is 16.5. The van der Waals surface area contributed by atoms with Gasteiger partial charge in [0.15, 0.2) is 6.61 Å². The van der Waals surface area contributed by atoms with Crippen LogP contribution in [0.3, 0.4) is 0 Å². The van der Waals surface area contributed by atoms with Gasteiger partial charge in [0, 0.05) is 12.1 Å². The van der Waals surface area contributed by atoms with Gasteiger partial charge in [-0.05, 0) is 58.2 Å². The third-order valence-electron chi connectivity index (χ3n) is 4.06. The zero-order valence-electron chi connectivity index (χ0n) is 13.5. The van der Waals surface area contributed by atoms with Gasteiger partial charge >= 0.3 is 0 Å². The van der Waals surface area contributed by atoms with E-state index < -0.39 is 0 Å². The van der Waals surface area contributed by atoms with E-state index in [4.69, 9.17) is 4.74 Å². The van der Waals surface area contributed by atoms with Gasteiger partial charge in [0.2, 0.25) is 0 Å². The van der Waals surface area contributed by atoms with Crippen LogP contribution in [0.2, 0.25) is 0 Å². The Balaban J connectivity index is 1.89. The van der Waals surface area contributed by atoms with Crippen molar-refractivity contribution in [1.82, 2.24) is 10.6 Å². The zero-order chi connectivity index (χ0) is 15.4. The fraction of sp³-hybridized carbons (Fsp3) is 0.588. The Morgan fingerprint density at radius 3 is 2.62 bits per heavy atom. The van der Waals surface area contributed by atoms with Crippen LogP contribution < -0.4 is 15.4 Å². The SMILES string of the molecule is Cc1cc(C)c(OCC(=O)NC2CCCNC2C)c(C)c1. The van der Waals surface area contributed by atoms with Crippen molar-refractivity contribution in [2.45, 2.75) is 52.6 Å². The van der Waals surface area contributed by atoms with Gasteiger partial charge < -0.3 is 15.4 Å². The minimum atomic E-state index is -0.0464. The molecule has 0 aliphatic carbocycles. The van der Waals surface area contributed by atoms with E-state index in [-0.39, 0.29) is 18.6 Å². The van der Waals surface area contributed by atoms with Crippen molar-refractivity contribution in [3.63, 3.8) is 0 Å². The number of carbonyl (C=O) groups is 1. The fourth-order valence-electron chi connectivity index (χ4n) is 3.02. The molecule has 0 bridgehead atoms. The van der Waals surface area contributed by atoms with Crippen LogP contribution in [0.25, 0.3) is 0 Å². The Kier molecular flexibility index (Phi) is 5.23. The third kappa shape index (κ3) is 4.21. The van der Waals surface area contributed by atoms with Crippen LogP contribution in [0.4, 0.5) is 0 Å². The van der Waals surface area contributed by atoms with Gasteiger partial charge in [-0.1, -0.05) is 17.7 Å². The molecular formula is C17H26N2O2. The second kappa shape index (κ2) is 6.94. The lowest BCUT2D eigenvalue weighted by atomic mass is 10.00. The smallest absolute Gasteiger partial charge is 0.258 e. The van der Waals surface area contributed by atoms with E-state index in [1.54, 1.807) is 0 Å². The molecule has 0 radical (unpaired) electrons. The minimum absolute atomic E-state index is 0.0464. The van der Waals surface area contributed by atoms with Crippen LogP contribution in [0, 0.1) is 20.8 Å². The summed E-state index contributed by atoms with van der Waals surface area (Å²) in [6.07, 6.45) is 2.13. The third-order valence-corrected chi connectivity index (χ3v) is 4.06. The van der Waals surface area contributed by atoms with E-state index in [1.807, 2.05) is 13.8 Å². The van der Waals surface area contributed by atoms with Gasteiger partial charge in [-0.25, -0.2) is 0 Å². The highest BCUT2D eigenvalue weighted by molar-refractivity contribution is 5.78. The monoisotopic (exact) mass is 290 g/mol. The summed E-state index contributed by atoms with van der Waals surface area (Å²) in [5.74, 6) is 0.778. The molecule has 0 spiro atoms. The minimum Gasteiger partial charge on any atom is -0.483 e. The number of hydrogen-bond donors (Lipinski definition) is 2. The van der Waals surface area contributed by atoms with Gasteiger partial charge in [0.25, 0.3) is 5.91 Å². The van der Waals surface area contributed by atoms with E-state index in [9.17, 15) is 4.79 Å². The zero-order valence-corrected chi connectivity index (χ0v) is 13.5. The number of hydrogen-bond acceptors (Lipinski definition) is 3. The number of amides is 1. The lowest BCUT2D eigenvalue weighted by Gasteiger charge is -2.30. The fourth-order valence-corrected chi connectivity index (χ4v) is 3.02. The van der Waals surface area contributed by atoms with E-state index in [2.05, 4.69) is 36.6 Å². The largest absolute Gasteiger partial charge is 0.483 e. The van der Waals surface area contributed by atoms with Crippen LogP contribution in [0.1, 0.15) is 36.5 Å². The summed E-state index contributed by atoms with van der Waals surface area (Å²) in [7, 11) is 0. The summed E-state index contributed by atoms with van der Waals surface area (Å²) in [5, 5.41) is 6.44. The number of carbonyl (C=O) groups excluding carboxylic acids is 1. The maximum atomic E-state index is 12.1. The molecule has 0 saturated carbocycles. The standard InChI is InChI=1S/C17H26N2O2/c1-11-8-12(2)17(13(3)9-11)21-10-16(20)19-15-6-5-7-18-14(15)4/h8-9,14-15,18H,5-7,10H2,1-4H3,(H,19,20). The highest BCUT2D eigenvalue weighted by Gasteiger charge is 2.22. The Labute approximate surface area is 127 Å². The van der Waals surface area contributed by atoms with Crippen LogP contribution in [-0.4, -0.2) is 31.1 Å². The first-order valence-electron chi connectivity index (χ1n) is 7.71. The predicted octanol–water partition coefficient (Wildman–Crippen LogP) is 2.25. The molecule has 1 heterocycles. The normalized spacial score (nSPS) is 21.9. The predicted molar refractivity (Wildman–Crippen MR) is 84.8 cm³/mol. The van der Waals surface area contributed by atoms with Gasteiger partial charge in [-0.2, -0.15) is 0 Å². The first kappa shape index (κ1) is 15.8. The highest BCUT2D eigenvalue weighted by Crippen LogP contribution is 2.24. The van der Waals surface area contributed by atoms with Gasteiger partial charge in [0.05, 0.1) is 0 Å². The topological polar surface area (TPSA) is 50.4 Å². The van der Waals surface area contributed by atoms with Gasteiger partial charge in [-0.15, -0.1) is 0 Å². The maximum Gasteiger partial charge on any atom is 0.258 e. The number of rotatable bonds is 4. The quantitative estimate of drug-likeness (QED) is 0.894. The Morgan fingerprint density at radius 2 is 2.00 bits per heavy atom. The molecule has 2 atom stereocenters. The lowest BCUT2D eigenvalue weighted by Crippen LogP contribution is -2.52. The summed E-state index contributed by atoms with van der Waals surface area (Å²) in [4.78, 5) is 12.1. The molecule has 116 valence electrons. The molecule has 1 amide bonds. The van der Waals surface area contributed by atoms with E-state index in [1.165, 1.54) is 5.56 Å². The van der Waals surface area contributed by atoms with Crippen molar-refractivity contribution in [2.75, 3.05) is 13.2 Å². The molecule has 2 unspecified atom stereocenters. The number of benzene rings is 1. The summed E-state index contributed by atoms with van der Waals surface area (Å²) >= 11 is 0. The van der Waals surface area contributed by atoms with Crippen LogP contribution >= 0.6 is 0 Å². The summed E-state index contributed by atoms with van der Waals surface area (Å²) < 4.78 is 5.73. The molecule has 2 N–H and O–H groups in total. The second-order valence-corrected chi connectivity index (χ2v) is 6.08. The molecule has 21 heavy (non-hydrogen) atoms. The van der Waals surface area contributed by atoms with Gasteiger partial charge in [-0.3, -0.25) is 4.79 Å². The number of piperidine rings is 1. The molecule has 1 saturated heterocycles. The van der Waals surface area contributed by atoms with Crippen molar-refractivity contribution < 1.29 is 9.53 Å². The Bertz CT molecular complexity index is 491. The van der Waals surface area contributed by atoms with Crippen molar-refractivity contribution in [1.29, 1.82) is 0 Å². The maximum absolute atomic E-state index is 12.1. The van der Waals surface area contributed by atoms with Crippen LogP contribution in [0.15, 0.2) is 12.1 Å². The molecule has 2 rings (SSSR count). The van der Waals surface area contributed by atoms with Crippen molar-refractivity contribution in [2.24, 2.45) is 0 Å². The first-order chi connectivity index (χ1) is 9.97. The molecule has 1 aliphatic rings. The summed E-state index contributed by atoms with van der Waals surface area (Å²) in [6.45, 7) is 9.31. The molecule has 4 heteroatoms. The average molecular weight is 290 g/mol. The number of nitrogens with one attached hydrogen (secondary N) is 2. The van der Waals surface area contributed by atoms with Crippen molar-refractivity contribution >= 4 is 5.91 Å². The molecule has 0 aromatic heterocycles. The molecule has 1 fully saturated rings. The Morgan fingerprint density at radius 1 is 1.33 bits per heavy atom. The molecular weight excluding hydrogens is 264 g/mol. The van der Waals surface area contributed by atoms with Gasteiger partial charge in [0.1, 0.15) is 5.75 Å². The van der Waals surface area contributed by atoms with E-state index >= 15 is 0 Å². The number of aryl methyl sites for hydroxylation is 3. The molecule has 1 aromatic carbocycles. The molecule has 1 aromatic rings. The van der Waals surface area contributed by atoms with E-state index in [0.29, 0.717) is 6.04 Å². The first-order valence-corrected chi connectivity index (χ1v) is 7.71. The molecule has 1 aliphatic heterocycles.